The van der Waals surface area contributed by atoms with Crippen molar-refractivity contribution in [3.63, 3.8) is 0 Å². The van der Waals surface area contributed by atoms with Crippen LogP contribution >= 0.6 is 12.4 Å². The second-order valence-corrected chi connectivity index (χ2v) is 5.92. The highest BCUT2D eigenvalue weighted by Gasteiger charge is 2.25. The molecule has 0 bridgehead atoms. The van der Waals surface area contributed by atoms with Crippen LogP contribution in [0.4, 0.5) is 0 Å². The summed E-state index contributed by atoms with van der Waals surface area (Å²) in [6.45, 7) is 4.62. The zero-order valence-electron chi connectivity index (χ0n) is 13.0. The van der Waals surface area contributed by atoms with Crippen molar-refractivity contribution in [2.75, 3.05) is 26.7 Å². The number of hydrogen-bond donors (Lipinski definition) is 1. The number of nitrogens with one attached hydrogen (secondary N) is 1. The fourth-order valence-corrected chi connectivity index (χ4v) is 3.01. The maximum absolute atomic E-state index is 12.2. The summed E-state index contributed by atoms with van der Waals surface area (Å²) in [5.74, 6) is 1.12. The van der Waals surface area contributed by atoms with Gasteiger partial charge in [-0.15, -0.1) is 12.4 Å². The van der Waals surface area contributed by atoms with E-state index in [4.69, 9.17) is 0 Å². The third-order valence-electron chi connectivity index (χ3n) is 4.23. The summed E-state index contributed by atoms with van der Waals surface area (Å²) in [5.41, 5.74) is 1.42. The lowest BCUT2D eigenvalue weighted by Gasteiger charge is -2.33. The fourth-order valence-electron chi connectivity index (χ4n) is 3.01. The minimum absolute atomic E-state index is 0. The first kappa shape index (κ1) is 18.0. The molecule has 1 amide bonds. The molecule has 0 radical (unpaired) electrons. The molecule has 1 aromatic rings. The van der Waals surface area contributed by atoms with Crippen LogP contribution in [-0.4, -0.2) is 37.5 Å². The van der Waals surface area contributed by atoms with Gasteiger partial charge in [-0.05, 0) is 37.8 Å². The summed E-state index contributed by atoms with van der Waals surface area (Å²) >= 11 is 0. The lowest BCUT2D eigenvalue weighted by Crippen LogP contribution is -2.43. The molecule has 1 heterocycles. The van der Waals surface area contributed by atoms with Crippen LogP contribution in [-0.2, 0) is 11.2 Å². The zero-order chi connectivity index (χ0) is 14.4. The van der Waals surface area contributed by atoms with Crippen molar-refractivity contribution in [3.05, 3.63) is 35.9 Å². The molecule has 118 valence electrons. The van der Waals surface area contributed by atoms with E-state index in [-0.39, 0.29) is 18.3 Å². The van der Waals surface area contributed by atoms with Crippen molar-refractivity contribution in [2.45, 2.75) is 26.2 Å². The smallest absolute Gasteiger partial charge is 0.226 e. The molecule has 1 atom stereocenters. The molecule has 1 aliphatic heterocycles. The van der Waals surface area contributed by atoms with E-state index in [0.717, 1.165) is 44.8 Å². The van der Waals surface area contributed by atoms with Gasteiger partial charge in [0.15, 0.2) is 0 Å². The SMILES string of the molecule is CNCC(C)C(=O)N1CCC(Cc2ccccc2)CC1.Cl. The number of amides is 1. The number of halogens is 1. The van der Waals surface area contributed by atoms with Crippen molar-refractivity contribution in [1.82, 2.24) is 10.2 Å². The minimum Gasteiger partial charge on any atom is -0.342 e. The molecule has 1 fully saturated rings. The van der Waals surface area contributed by atoms with Gasteiger partial charge in [0.05, 0.1) is 0 Å². The van der Waals surface area contributed by atoms with Gasteiger partial charge >= 0.3 is 0 Å². The van der Waals surface area contributed by atoms with Gasteiger partial charge in [-0.2, -0.15) is 0 Å². The Kier molecular flexibility index (Phi) is 7.76. The predicted octanol–water partition coefficient (Wildman–Crippen LogP) is 2.75. The average molecular weight is 311 g/mol. The van der Waals surface area contributed by atoms with Crippen molar-refractivity contribution in [2.24, 2.45) is 11.8 Å². The summed E-state index contributed by atoms with van der Waals surface area (Å²) in [6.07, 6.45) is 3.41. The Labute approximate surface area is 134 Å². The lowest BCUT2D eigenvalue weighted by atomic mass is 9.90. The molecule has 1 unspecified atom stereocenters. The van der Waals surface area contributed by atoms with E-state index < -0.39 is 0 Å². The molecule has 4 heteroatoms. The highest BCUT2D eigenvalue weighted by molar-refractivity contribution is 5.85. The van der Waals surface area contributed by atoms with E-state index in [0.29, 0.717) is 5.91 Å². The number of rotatable bonds is 5. The maximum atomic E-state index is 12.2. The Bertz CT molecular complexity index is 416. The molecule has 1 N–H and O–H groups in total. The molecule has 0 spiro atoms. The van der Waals surface area contributed by atoms with E-state index in [2.05, 4.69) is 35.6 Å². The number of carbonyl (C=O) groups is 1. The molecule has 0 aromatic heterocycles. The van der Waals surface area contributed by atoms with Gasteiger partial charge in [0, 0.05) is 25.6 Å². The fraction of sp³-hybridized carbons (Fsp3) is 0.588. The van der Waals surface area contributed by atoms with E-state index in [9.17, 15) is 4.79 Å². The highest BCUT2D eigenvalue weighted by atomic mass is 35.5. The van der Waals surface area contributed by atoms with Crippen molar-refractivity contribution >= 4 is 18.3 Å². The van der Waals surface area contributed by atoms with Gasteiger partial charge in [0.2, 0.25) is 5.91 Å². The second kappa shape index (κ2) is 9.06. The van der Waals surface area contributed by atoms with Gasteiger partial charge in [0.1, 0.15) is 0 Å². The number of hydrogen-bond acceptors (Lipinski definition) is 2. The van der Waals surface area contributed by atoms with E-state index in [1.54, 1.807) is 0 Å². The summed E-state index contributed by atoms with van der Waals surface area (Å²) < 4.78 is 0. The normalized spacial score (nSPS) is 17.1. The van der Waals surface area contributed by atoms with E-state index in [1.807, 2.05) is 18.9 Å². The van der Waals surface area contributed by atoms with Crippen molar-refractivity contribution in [1.29, 1.82) is 0 Å². The number of piperidine rings is 1. The highest BCUT2D eigenvalue weighted by Crippen LogP contribution is 2.22. The van der Waals surface area contributed by atoms with Crippen LogP contribution in [0.1, 0.15) is 25.3 Å². The van der Waals surface area contributed by atoms with E-state index in [1.165, 1.54) is 5.56 Å². The maximum Gasteiger partial charge on any atom is 0.226 e. The molecule has 1 aliphatic rings. The Balaban J connectivity index is 0.00000220. The summed E-state index contributed by atoms with van der Waals surface area (Å²) in [5, 5.41) is 3.08. The van der Waals surface area contributed by atoms with Crippen LogP contribution in [0.15, 0.2) is 30.3 Å². The van der Waals surface area contributed by atoms with Crippen LogP contribution in [0.25, 0.3) is 0 Å². The van der Waals surface area contributed by atoms with Gasteiger partial charge in [-0.3, -0.25) is 4.79 Å². The molecular formula is C17H27ClN2O. The standard InChI is InChI=1S/C17H26N2O.ClH/c1-14(13-18-2)17(20)19-10-8-16(9-11-19)12-15-6-4-3-5-7-15;/h3-7,14,16,18H,8-13H2,1-2H3;1H. The van der Waals surface area contributed by atoms with Crippen LogP contribution in [0.3, 0.4) is 0 Å². The lowest BCUT2D eigenvalue weighted by molar-refractivity contribution is -0.136. The molecule has 0 saturated carbocycles. The van der Waals surface area contributed by atoms with Gasteiger partial charge in [-0.1, -0.05) is 37.3 Å². The number of nitrogens with zero attached hydrogens (tertiary/aromatic N) is 1. The molecular weight excluding hydrogens is 284 g/mol. The third-order valence-corrected chi connectivity index (χ3v) is 4.23. The van der Waals surface area contributed by atoms with Crippen LogP contribution in [0.2, 0.25) is 0 Å². The summed E-state index contributed by atoms with van der Waals surface area (Å²) in [7, 11) is 1.90. The molecule has 1 saturated heterocycles. The Hall–Kier alpha value is -1.06. The quantitative estimate of drug-likeness (QED) is 0.907. The number of likely N-dealkylation sites (tertiary alicyclic amines) is 1. The Morgan fingerprint density at radius 2 is 1.90 bits per heavy atom. The molecule has 0 aliphatic carbocycles. The van der Waals surface area contributed by atoms with E-state index >= 15 is 0 Å². The average Bonchev–Trinajstić information content (AvgIpc) is 2.48. The molecule has 1 aromatic carbocycles. The van der Waals surface area contributed by atoms with Gasteiger partial charge in [-0.25, -0.2) is 0 Å². The zero-order valence-corrected chi connectivity index (χ0v) is 13.9. The summed E-state index contributed by atoms with van der Waals surface area (Å²) in [6, 6.07) is 10.7. The predicted molar refractivity (Wildman–Crippen MR) is 89.8 cm³/mol. The second-order valence-electron chi connectivity index (χ2n) is 5.92. The first-order valence-corrected chi connectivity index (χ1v) is 7.68. The van der Waals surface area contributed by atoms with Crippen molar-refractivity contribution in [3.8, 4) is 0 Å². The van der Waals surface area contributed by atoms with Crippen LogP contribution in [0.5, 0.6) is 0 Å². The third kappa shape index (κ3) is 5.33. The minimum atomic E-state index is 0. The number of carbonyl (C=O) groups excluding carboxylic acids is 1. The largest absolute Gasteiger partial charge is 0.342 e. The van der Waals surface area contributed by atoms with Gasteiger partial charge in [0.25, 0.3) is 0 Å². The Morgan fingerprint density at radius 1 is 1.29 bits per heavy atom. The summed E-state index contributed by atoms with van der Waals surface area (Å²) in [4.78, 5) is 14.3. The topological polar surface area (TPSA) is 32.3 Å². The van der Waals surface area contributed by atoms with Crippen LogP contribution < -0.4 is 5.32 Å². The molecule has 2 rings (SSSR count). The monoisotopic (exact) mass is 310 g/mol. The first-order chi connectivity index (χ1) is 9.70. The molecule has 3 nitrogen and oxygen atoms in total. The molecule has 21 heavy (non-hydrogen) atoms. The number of benzene rings is 1. The first-order valence-electron chi connectivity index (χ1n) is 7.68. The Morgan fingerprint density at radius 3 is 2.48 bits per heavy atom. The van der Waals surface area contributed by atoms with Crippen molar-refractivity contribution < 1.29 is 4.79 Å². The van der Waals surface area contributed by atoms with Gasteiger partial charge < -0.3 is 10.2 Å². The van der Waals surface area contributed by atoms with Crippen LogP contribution in [0, 0.1) is 11.8 Å².